The van der Waals surface area contributed by atoms with E-state index in [1.807, 2.05) is 35.4 Å². The molecule has 1 fully saturated rings. The molecule has 1 amide bonds. The van der Waals surface area contributed by atoms with E-state index in [1.54, 1.807) is 6.20 Å². The fourth-order valence-corrected chi connectivity index (χ4v) is 2.52. The van der Waals surface area contributed by atoms with E-state index in [1.165, 1.54) is 0 Å². The first-order valence-corrected chi connectivity index (χ1v) is 6.72. The Hall–Kier alpha value is -2.56. The molecule has 2 aromatic heterocycles. The lowest BCUT2D eigenvalue weighted by Gasteiger charge is -2.30. The normalized spacial score (nSPS) is 14.5. The summed E-state index contributed by atoms with van der Waals surface area (Å²) in [6.45, 7) is 1.74. The van der Waals surface area contributed by atoms with Crippen molar-refractivity contribution < 1.29 is 4.79 Å². The van der Waals surface area contributed by atoms with Gasteiger partial charge in [-0.05, 0) is 24.1 Å². The van der Waals surface area contributed by atoms with Crippen LogP contribution < -0.4 is 0 Å². The largest absolute Gasteiger partial charge is 0.351 e. The first-order chi connectivity index (χ1) is 9.81. The number of fused-ring (bicyclic) bond motifs is 1. The smallest absolute Gasteiger partial charge is 0.270 e. The van der Waals surface area contributed by atoms with Gasteiger partial charge in [-0.3, -0.25) is 9.89 Å². The minimum atomic E-state index is 0.0947. The van der Waals surface area contributed by atoms with Crippen molar-refractivity contribution in [3.8, 4) is 11.1 Å². The first-order valence-electron chi connectivity index (χ1n) is 6.72. The zero-order chi connectivity index (χ0) is 13.5. The Kier molecular flexibility index (Phi) is 2.39. The van der Waals surface area contributed by atoms with E-state index in [0.717, 1.165) is 41.5 Å². The highest BCUT2D eigenvalue weighted by atomic mass is 16.2. The third kappa shape index (κ3) is 1.71. The van der Waals surface area contributed by atoms with Crippen molar-refractivity contribution in [2.45, 2.75) is 6.42 Å². The molecule has 0 spiro atoms. The van der Waals surface area contributed by atoms with Gasteiger partial charge in [-0.15, -0.1) is 0 Å². The summed E-state index contributed by atoms with van der Waals surface area (Å²) in [4.78, 5) is 17.3. The number of hydrogen-bond acceptors (Lipinski definition) is 2. The van der Waals surface area contributed by atoms with Gasteiger partial charge < -0.3 is 9.88 Å². The first kappa shape index (κ1) is 11.3. The molecule has 0 aliphatic carbocycles. The molecule has 2 N–H and O–H groups in total. The van der Waals surface area contributed by atoms with Gasteiger partial charge in [0.2, 0.25) is 0 Å². The number of hydrogen-bond donors (Lipinski definition) is 2. The average molecular weight is 266 g/mol. The van der Waals surface area contributed by atoms with Crippen LogP contribution in [0.4, 0.5) is 0 Å². The van der Waals surface area contributed by atoms with Crippen LogP contribution in [0.3, 0.4) is 0 Å². The number of nitrogens with one attached hydrogen (secondary N) is 2. The molecule has 20 heavy (non-hydrogen) atoms. The molecule has 4 rings (SSSR count). The van der Waals surface area contributed by atoms with Gasteiger partial charge in [0.15, 0.2) is 0 Å². The number of H-pyrrole nitrogens is 2. The van der Waals surface area contributed by atoms with Crippen molar-refractivity contribution in [2.24, 2.45) is 0 Å². The van der Waals surface area contributed by atoms with E-state index < -0.39 is 0 Å². The second-order valence-electron chi connectivity index (χ2n) is 5.12. The number of likely N-dealkylation sites (tertiary alicyclic amines) is 1. The molecule has 1 saturated heterocycles. The van der Waals surface area contributed by atoms with Crippen molar-refractivity contribution in [3.05, 3.63) is 42.4 Å². The predicted octanol–water partition coefficient (Wildman–Crippen LogP) is 2.40. The number of nitrogens with zero attached hydrogens (tertiary/aromatic N) is 2. The topological polar surface area (TPSA) is 64.8 Å². The Morgan fingerprint density at radius 1 is 1.20 bits per heavy atom. The van der Waals surface area contributed by atoms with Gasteiger partial charge in [0.1, 0.15) is 5.69 Å². The molecule has 0 atom stereocenters. The predicted molar refractivity (Wildman–Crippen MR) is 76.4 cm³/mol. The summed E-state index contributed by atoms with van der Waals surface area (Å²) >= 11 is 0. The van der Waals surface area contributed by atoms with Crippen LogP contribution in [0.15, 0.2) is 36.7 Å². The van der Waals surface area contributed by atoms with Crippen molar-refractivity contribution in [3.63, 3.8) is 0 Å². The van der Waals surface area contributed by atoms with Crippen LogP contribution in [-0.2, 0) is 0 Å². The molecule has 5 heteroatoms. The molecule has 0 saturated carbocycles. The number of amides is 1. The quantitative estimate of drug-likeness (QED) is 0.748. The maximum absolute atomic E-state index is 12.2. The lowest BCUT2D eigenvalue weighted by Crippen LogP contribution is -2.42. The summed E-state index contributed by atoms with van der Waals surface area (Å²) in [5.74, 6) is 0.0947. The van der Waals surface area contributed by atoms with E-state index in [4.69, 9.17) is 0 Å². The monoisotopic (exact) mass is 266 g/mol. The van der Waals surface area contributed by atoms with E-state index in [9.17, 15) is 4.79 Å². The van der Waals surface area contributed by atoms with Crippen molar-refractivity contribution in [1.82, 2.24) is 20.1 Å². The number of aromatic amines is 2. The summed E-state index contributed by atoms with van der Waals surface area (Å²) in [6, 6.07) is 8.04. The maximum atomic E-state index is 12.2. The molecule has 0 bridgehead atoms. The fourth-order valence-electron chi connectivity index (χ4n) is 2.52. The summed E-state index contributed by atoms with van der Waals surface area (Å²) in [6.07, 6.45) is 4.75. The SMILES string of the molecule is O=C(c1cc2ccc(-c3cn[nH]c3)cc2[nH]1)N1CCC1. The van der Waals surface area contributed by atoms with Gasteiger partial charge in [0, 0.05) is 35.8 Å². The van der Waals surface area contributed by atoms with Crippen LogP contribution in [0.25, 0.3) is 22.0 Å². The number of aromatic nitrogens is 3. The van der Waals surface area contributed by atoms with Gasteiger partial charge in [-0.1, -0.05) is 12.1 Å². The van der Waals surface area contributed by atoms with Crippen molar-refractivity contribution in [2.75, 3.05) is 13.1 Å². The van der Waals surface area contributed by atoms with Crippen molar-refractivity contribution in [1.29, 1.82) is 0 Å². The summed E-state index contributed by atoms with van der Waals surface area (Å²) in [7, 11) is 0. The lowest BCUT2D eigenvalue weighted by atomic mass is 10.1. The van der Waals surface area contributed by atoms with Gasteiger partial charge in [-0.2, -0.15) is 5.10 Å². The van der Waals surface area contributed by atoms with E-state index in [0.29, 0.717) is 5.69 Å². The van der Waals surface area contributed by atoms with Gasteiger partial charge in [0.25, 0.3) is 5.91 Å². The maximum Gasteiger partial charge on any atom is 0.270 e. The minimum absolute atomic E-state index is 0.0947. The van der Waals surface area contributed by atoms with Crippen LogP contribution in [0.1, 0.15) is 16.9 Å². The molecule has 3 aromatic rings. The van der Waals surface area contributed by atoms with Gasteiger partial charge in [0.05, 0.1) is 6.20 Å². The van der Waals surface area contributed by atoms with Crippen LogP contribution in [-0.4, -0.2) is 39.1 Å². The number of rotatable bonds is 2. The van der Waals surface area contributed by atoms with E-state index in [2.05, 4.69) is 15.2 Å². The lowest BCUT2D eigenvalue weighted by molar-refractivity contribution is 0.0646. The van der Waals surface area contributed by atoms with Crippen LogP contribution in [0, 0.1) is 0 Å². The highest BCUT2D eigenvalue weighted by Gasteiger charge is 2.22. The molecule has 5 nitrogen and oxygen atoms in total. The standard InChI is InChI=1S/C15H14N4O/c20-15(19-4-1-5-19)14-7-11-3-2-10(6-13(11)18-14)12-8-16-17-9-12/h2-3,6-9,18H,1,4-5H2,(H,16,17). The Balaban J connectivity index is 1.74. The molecule has 3 heterocycles. The highest BCUT2D eigenvalue weighted by molar-refractivity contribution is 5.99. The zero-order valence-electron chi connectivity index (χ0n) is 10.9. The summed E-state index contributed by atoms with van der Waals surface area (Å²) in [5, 5.41) is 7.82. The molecule has 0 unspecified atom stereocenters. The van der Waals surface area contributed by atoms with Crippen LogP contribution >= 0.6 is 0 Å². The number of benzene rings is 1. The Bertz CT molecular complexity index is 768. The Morgan fingerprint density at radius 2 is 2.10 bits per heavy atom. The van der Waals surface area contributed by atoms with Gasteiger partial charge >= 0.3 is 0 Å². The second kappa shape index (κ2) is 4.23. The van der Waals surface area contributed by atoms with E-state index in [-0.39, 0.29) is 5.91 Å². The Morgan fingerprint density at radius 3 is 2.80 bits per heavy atom. The molecule has 0 radical (unpaired) electrons. The molecular formula is C15H14N4O. The van der Waals surface area contributed by atoms with E-state index >= 15 is 0 Å². The summed E-state index contributed by atoms with van der Waals surface area (Å²) < 4.78 is 0. The van der Waals surface area contributed by atoms with Crippen LogP contribution in [0.2, 0.25) is 0 Å². The van der Waals surface area contributed by atoms with Crippen LogP contribution in [0.5, 0.6) is 0 Å². The number of carbonyl (C=O) groups excluding carboxylic acids is 1. The molecule has 1 aromatic carbocycles. The molecule has 1 aliphatic rings. The third-order valence-electron chi connectivity index (χ3n) is 3.83. The zero-order valence-corrected chi connectivity index (χ0v) is 10.9. The molecule has 100 valence electrons. The highest BCUT2D eigenvalue weighted by Crippen LogP contribution is 2.25. The van der Waals surface area contributed by atoms with Gasteiger partial charge in [-0.25, -0.2) is 0 Å². The number of carbonyl (C=O) groups is 1. The fraction of sp³-hybridized carbons (Fsp3) is 0.200. The Labute approximate surface area is 115 Å². The second-order valence-corrected chi connectivity index (χ2v) is 5.12. The van der Waals surface area contributed by atoms with Crippen molar-refractivity contribution >= 4 is 16.8 Å². The third-order valence-corrected chi connectivity index (χ3v) is 3.83. The summed E-state index contributed by atoms with van der Waals surface area (Å²) in [5.41, 5.74) is 3.77. The molecule has 1 aliphatic heterocycles. The molecular weight excluding hydrogens is 252 g/mol. The average Bonchev–Trinajstić information content (AvgIpc) is 3.05. The minimum Gasteiger partial charge on any atom is -0.351 e.